The summed E-state index contributed by atoms with van der Waals surface area (Å²) >= 11 is 0. The van der Waals surface area contributed by atoms with Gasteiger partial charge in [-0.15, -0.1) is 0 Å². The number of benzene rings is 2. The number of ether oxygens (including phenoxy) is 2. The molecule has 0 aliphatic carbocycles. The molecule has 0 amide bonds. The molecule has 0 atom stereocenters. The van der Waals surface area contributed by atoms with E-state index in [0.717, 1.165) is 24.1 Å². The number of aliphatic carboxylic acids is 1. The van der Waals surface area contributed by atoms with Gasteiger partial charge in [-0.1, -0.05) is 25.5 Å². The number of hydrogen-bond acceptors (Lipinski definition) is 5. The highest BCUT2D eigenvalue weighted by Gasteiger charge is 2.15. The molecule has 0 saturated heterocycles. The molecule has 0 aliphatic rings. The monoisotopic (exact) mass is 438 g/mol. The van der Waals surface area contributed by atoms with Gasteiger partial charge >= 0.3 is 5.97 Å². The average molecular weight is 438 g/mol. The summed E-state index contributed by atoms with van der Waals surface area (Å²) in [5.74, 6) is -0.0219. The minimum Gasteiger partial charge on any atom is -0.497 e. The van der Waals surface area contributed by atoms with Crippen molar-refractivity contribution in [2.24, 2.45) is 0 Å². The van der Waals surface area contributed by atoms with E-state index in [2.05, 4.69) is 11.9 Å². The lowest BCUT2D eigenvalue weighted by Crippen LogP contribution is -2.06. The quantitative estimate of drug-likeness (QED) is 0.441. The van der Waals surface area contributed by atoms with Crippen LogP contribution in [0.2, 0.25) is 0 Å². The Morgan fingerprint density at radius 1 is 1.12 bits per heavy atom. The van der Waals surface area contributed by atoms with Gasteiger partial charge in [0.1, 0.15) is 23.9 Å². The maximum Gasteiger partial charge on any atom is 0.303 e. The van der Waals surface area contributed by atoms with Gasteiger partial charge in [-0.25, -0.2) is 4.39 Å². The number of methoxy groups -OCH3 is 1. The molecule has 168 valence electrons. The molecule has 7 heteroatoms. The van der Waals surface area contributed by atoms with Crippen LogP contribution in [-0.4, -0.2) is 28.2 Å². The van der Waals surface area contributed by atoms with Crippen LogP contribution in [0.5, 0.6) is 11.5 Å². The molecule has 6 nitrogen and oxygen atoms in total. The number of aryl methyl sites for hydroxylation is 2. The third-order valence-corrected chi connectivity index (χ3v) is 5.00. The lowest BCUT2D eigenvalue weighted by molar-refractivity contribution is -0.136. The van der Waals surface area contributed by atoms with E-state index in [1.54, 1.807) is 18.3 Å². The van der Waals surface area contributed by atoms with Crippen LogP contribution in [-0.2, 0) is 24.2 Å². The molecular formula is C25H27FN2O4. The fourth-order valence-electron chi connectivity index (χ4n) is 3.29. The van der Waals surface area contributed by atoms with Gasteiger partial charge in [0.25, 0.3) is 0 Å². The van der Waals surface area contributed by atoms with E-state index in [0.29, 0.717) is 41.3 Å². The van der Waals surface area contributed by atoms with Crippen molar-refractivity contribution in [3.05, 3.63) is 71.4 Å². The lowest BCUT2D eigenvalue weighted by Gasteiger charge is -2.13. The second-order valence-corrected chi connectivity index (χ2v) is 7.44. The molecule has 0 aliphatic heterocycles. The summed E-state index contributed by atoms with van der Waals surface area (Å²) in [6, 6.07) is 11.9. The summed E-state index contributed by atoms with van der Waals surface area (Å²) in [5.41, 5.74) is 3.12. The molecule has 0 spiro atoms. The molecule has 1 heterocycles. The van der Waals surface area contributed by atoms with Crippen molar-refractivity contribution in [1.29, 1.82) is 0 Å². The third kappa shape index (κ3) is 6.26. The van der Waals surface area contributed by atoms with Crippen molar-refractivity contribution in [2.75, 3.05) is 7.11 Å². The Kier molecular flexibility index (Phi) is 8.14. The molecule has 0 fully saturated rings. The fourth-order valence-corrected chi connectivity index (χ4v) is 3.29. The first-order valence-corrected chi connectivity index (χ1v) is 10.6. The number of carbonyl (C=O) groups is 1. The number of halogens is 1. The normalized spacial score (nSPS) is 10.7. The maximum atomic E-state index is 14.5. The molecule has 0 bridgehead atoms. The zero-order valence-corrected chi connectivity index (χ0v) is 18.3. The molecule has 1 N–H and O–H groups in total. The van der Waals surface area contributed by atoms with Gasteiger partial charge < -0.3 is 14.6 Å². The Labute approximate surface area is 187 Å². The van der Waals surface area contributed by atoms with Crippen LogP contribution in [0.3, 0.4) is 0 Å². The van der Waals surface area contributed by atoms with E-state index in [9.17, 15) is 9.18 Å². The molecule has 0 saturated carbocycles. The Hall–Kier alpha value is -3.48. The topological polar surface area (TPSA) is 81.5 Å². The first-order chi connectivity index (χ1) is 15.5. The summed E-state index contributed by atoms with van der Waals surface area (Å²) in [5, 5.41) is 8.86. The Morgan fingerprint density at radius 3 is 2.72 bits per heavy atom. The summed E-state index contributed by atoms with van der Waals surface area (Å²) < 4.78 is 25.6. The van der Waals surface area contributed by atoms with Crippen molar-refractivity contribution in [3.8, 4) is 22.8 Å². The SMILES string of the molecule is CCCCc1nc(COc2cccc(CCC(=O)O)c2)cnc1-c1cc(OC)ccc1F. The summed E-state index contributed by atoms with van der Waals surface area (Å²) in [6.07, 6.45) is 4.66. The highest BCUT2D eigenvalue weighted by Crippen LogP contribution is 2.28. The summed E-state index contributed by atoms with van der Waals surface area (Å²) in [4.78, 5) is 20.0. The molecule has 3 aromatic rings. The molecule has 0 unspecified atom stereocenters. The van der Waals surface area contributed by atoms with E-state index in [1.807, 2.05) is 24.3 Å². The van der Waals surface area contributed by atoms with Gasteiger partial charge in [-0.05, 0) is 55.2 Å². The van der Waals surface area contributed by atoms with E-state index in [1.165, 1.54) is 13.2 Å². The first kappa shape index (κ1) is 23.2. The van der Waals surface area contributed by atoms with Crippen LogP contribution in [0.15, 0.2) is 48.7 Å². The van der Waals surface area contributed by atoms with Gasteiger partial charge in [-0.3, -0.25) is 14.8 Å². The second-order valence-electron chi connectivity index (χ2n) is 7.44. The van der Waals surface area contributed by atoms with Gasteiger partial charge in [0.2, 0.25) is 0 Å². The van der Waals surface area contributed by atoms with Crippen molar-refractivity contribution in [3.63, 3.8) is 0 Å². The predicted octanol–water partition coefficient (Wildman–Crippen LogP) is 5.23. The molecule has 3 rings (SSSR count). The number of aromatic nitrogens is 2. The van der Waals surface area contributed by atoms with Crippen LogP contribution >= 0.6 is 0 Å². The highest BCUT2D eigenvalue weighted by atomic mass is 19.1. The van der Waals surface area contributed by atoms with Gasteiger partial charge in [0.05, 0.1) is 30.4 Å². The average Bonchev–Trinajstić information content (AvgIpc) is 2.81. The zero-order chi connectivity index (χ0) is 22.9. The number of rotatable bonds is 11. The van der Waals surface area contributed by atoms with Crippen LogP contribution in [0.4, 0.5) is 4.39 Å². The maximum absolute atomic E-state index is 14.5. The number of unbranched alkanes of at least 4 members (excludes halogenated alkanes) is 1. The molecule has 1 aromatic heterocycles. The number of carboxylic acids is 1. The van der Waals surface area contributed by atoms with Crippen molar-refractivity contribution in [1.82, 2.24) is 9.97 Å². The van der Waals surface area contributed by atoms with Gasteiger partial charge in [0.15, 0.2) is 0 Å². The van der Waals surface area contributed by atoms with Crippen LogP contribution in [0.25, 0.3) is 11.3 Å². The smallest absolute Gasteiger partial charge is 0.303 e. The third-order valence-electron chi connectivity index (χ3n) is 5.00. The van der Waals surface area contributed by atoms with Crippen LogP contribution in [0.1, 0.15) is 43.1 Å². The molecule has 32 heavy (non-hydrogen) atoms. The van der Waals surface area contributed by atoms with Crippen molar-refractivity contribution >= 4 is 5.97 Å². The Balaban J connectivity index is 1.80. The van der Waals surface area contributed by atoms with Crippen LogP contribution in [0, 0.1) is 5.82 Å². The molecular weight excluding hydrogens is 411 g/mol. The fraction of sp³-hybridized carbons (Fsp3) is 0.320. The summed E-state index contributed by atoms with van der Waals surface area (Å²) in [7, 11) is 1.54. The van der Waals surface area contributed by atoms with E-state index < -0.39 is 5.97 Å². The standard InChI is InChI=1S/C25H27FN2O4/c1-3-4-8-23-25(21-14-19(31-2)10-11-22(21)26)27-15-18(28-23)16-32-20-7-5-6-17(13-20)9-12-24(29)30/h5-7,10-11,13-15H,3-4,8-9,12,16H2,1-2H3,(H,29,30). The largest absolute Gasteiger partial charge is 0.497 e. The minimum absolute atomic E-state index is 0.0675. The van der Waals surface area contributed by atoms with E-state index >= 15 is 0 Å². The van der Waals surface area contributed by atoms with Crippen molar-refractivity contribution in [2.45, 2.75) is 45.6 Å². The minimum atomic E-state index is -0.834. The second kappa shape index (κ2) is 11.2. The summed E-state index contributed by atoms with van der Waals surface area (Å²) in [6.45, 7) is 2.29. The molecule has 2 aromatic carbocycles. The number of hydrogen-bond donors (Lipinski definition) is 1. The highest BCUT2D eigenvalue weighted by molar-refractivity contribution is 5.67. The predicted molar refractivity (Wildman–Crippen MR) is 119 cm³/mol. The van der Waals surface area contributed by atoms with Crippen LogP contribution < -0.4 is 9.47 Å². The van der Waals surface area contributed by atoms with Crippen molar-refractivity contribution < 1.29 is 23.8 Å². The van der Waals surface area contributed by atoms with E-state index in [-0.39, 0.29) is 18.8 Å². The first-order valence-electron chi connectivity index (χ1n) is 10.6. The zero-order valence-electron chi connectivity index (χ0n) is 18.3. The Bertz CT molecular complexity index is 1070. The van der Waals surface area contributed by atoms with E-state index in [4.69, 9.17) is 19.6 Å². The molecule has 0 radical (unpaired) electrons. The van der Waals surface area contributed by atoms with Gasteiger partial charge in [0, 0.05) is 12.0 Å². The Morgan fingerprint density at radius 2 is 1.97 bits per heavy atom. The number of carboxylic acid groups (broad SMARTS) is 1. The number of nitrogens with zero attached hydrogens (tertiary/aromatic N) is 2. The lowest BCUT2D eigenvalue weighted by atomic mass is 10.0. The van der Waals surface area contributed by atoms with Gasteiger partial charge in [-0.2, -0.15) is 0 Å².